The molecule has 0 unspecified atom stereocenters. The summed E-state index contributed by atoms with van der Waals surface area (Å²) in [6.45, 7) is 8.40. The van der Waals surface area contributed by atoms with Crippen molar-refractivity contribution in [2.45, 2.75) is 26.4 Å². The highest BCUT2D eigenvalue weighted by molar-refractivity contribution is 5.06. The van der Waals surface area contributed by atoms with E-state index in [1.165, 1.54) is 5.57 Å². The maximum Gasteiger partial charge on any atom is 0.0689 e. The van der Waals surface area contributed by atoms with Crippen LogP contribution in [-0.4, -0.2) is 39.0 Å². The fourth-order valence-electron chi connectivity index (χ4n) is 1.35. The van der Waals surface area contributed by atoms with Crippen LogP contribution in [-0.2, 0) is 9.47 Å². The molecule has 1 heterocycles. The lowest BCUT2D eigenvalue weighted by Crippen LogP contribution is -2.25. The van der Waals surface area contributed by atoms with E-state index in [9.17, 15) is 0 Å². The first kappa shape index (κ1) is 11.7. The van der Waals surface area contributed by atoms with Crippen LogP contribution in [0, 0.1) is 0 Å². The Morgan fingerprint density at radius 2 is 2.43 bits per heavy atom. The van der Waals surface area contributed by atoms with Crippen molar-refractivity contribution in [2.75, 3.05) is 32.9 Å². The van der Waals surface area contributed by atoms with Crippen LogP contribution in [0.25, 0.3) is 0 Å². The molecule has 0 aromatic carbocycles. The lowest BCUT2D eigenvalue weighted by atomic mass is 10.2. The third-order valence-corrected chi connectivity index (χ3v) is 2.06. The maximum absolute atomic E-state index is 5.42. The minimum atomic E-state index is 0.328. The normalized spacial score (nSPS) is 17.2. The van der Waals surface area contributed by atoms with Crippen LogP contribution in [0.4, 0.5) is 0 Å². The fourth-order valence-corrected chi connectivity index (χ4v) is 1.35. The van der Waals surface area contributed by atoms with Crippen molar-refractivity contribution in [3.8, 4) is 0 Å². The summed E-state index contributed by atoms with van der Waals surface area (Å²) >= 11 is 0. The van der Waals surface area contributed by atoms with E-state index in [4.69, 9.17) is 9.47 Å². The quantitative estimate of drug-likeness (QED) is 0.517. The van der Waals surface area contributed by atoms with E-state index < -0.39 is 0 Å². The minimum absolute atomic E-state index is 0.328. The average Bonchev–Trinajstić information content (AvgIpc) is 2.18. The van der Waals surface area contributed by atoms with E-state index in [1.54, 1.807) is 0 Å². The Labute approximate surface area is 86.5 Å². The zero-order valence-corrected chi connectivity index (χ0v) is 9.21. The van der Waals surface area contributed by atoms with E-state index in [0.717, 1.165) is 39.3 Å². The third-order valence-electron chi connectivity index (χ3n) is 2.06. The van der Waals surface area contributed by atoms with Gasteiger partial charge in [-0.15, -0.1) is 0 Å². The average molecular weight is 199 g/mol. The van der Waals surface area contributed by atoms with Crippen LogP contribution < -0.4 is 5.32 Å². The Morgan fingerprint density at radius 3 is 3.07 bits per heavy atom. The molecule has 82 valence electrons. The van der Waals surface area contributed by atoms with Crippen LogP contribution in [0.5, 0.6) is 0 Å². The molecule has 1 N–H and O–H groups in total. The second-order valence-electron chi connectivity index (χ2n) is 3.80. The van der Waals surface area contributed by atoms with Crippen LogP contribution >= 0.6 is 0 Å². The standard InChI is InChI=1S/C11H21NO2/c1-10(2)14-7-5-12-8-11-4-3-6-13-9-11/h4,10,12H,3,5-9H2,1-2H3. The fraction of sp³-hybridized carbons (Fsp3) is 0.818. The second-order valence-corrected chi connectivity index (χ2v) is 3.80. The van der Waals surface area contributed by atoms with Gasteiger partial charge in [0, 0.05) is 13.1 Å². The largest absolute Gasteiger partial charge is 0.377 e. The summed E-state index contributed by atoms with van der Waals surface area (Å²) in [4.78, 5) is 0. The third kappa shape index (κ3) is 5.37. The molecule has 0 amide bonds. The van der Waals surface area contributed by atoms with Gasteiger partial charge < -0.3 is 14.8 Å². The number of nitrogens with one attached hydrogen (secondary N) is 1. The predicted molar refractivity (Wildman–Crippen MR) is 57.5 cm³/mol. The Morgan fingerprint density at radius 1 is 1.57 bits per heavy atom. The molecule has 14 heavy (non-hydrogen) atoms. The lowest BCUT2D eigenvalue weighted by molar-refractivity contribution is 0.0809. The van der Waals surface area contributed by atoms with Gasteiger partial charge in [-0.1, -0.05) is 6.08 Å². The van der Waals surface area contributed by atoms with Crippen molar-refractivity contribution >= 4 is 0 Å². The Bertz CT molecular complexity index is 178. The molecule has 1 aliphatic heterocycles. The van der Waals surface area contributed by atoms with Gasteiger partial charge in [0.15, 0.2) is 0 Å². The Hall–Kier alpha value is -0.380. The molecule has 3 heteroatoms. The van der Waals surface area contributed by atoms with Gasteiger partial charge in [-0.25, -0.2) is 0 Å². The number of hydrogen-bond donors (Lipinski definition) is 1. The van der Waals surface area contributed by atoms with E-state index >= 15 is 0 Å². The summed E-state index contributed by atoms with van der Waals surface area (Å²) in [5.74, 6) is 0. The molecule has 1 aliphatic rings. The molecule has 1 rings (SSSR count). The van der Waals surface area contributed by atoms with Crippen molar-refractivity contribution in [2.24, 2.45) is 0 Å². The summed E-state index contributed by atoms with van der Waals surface area (Å²) in [7, 11) is 0. The molecule has 0 radical (unpaired) electrons. The zero-order chi connectivity index (χ0) is 10.2. The van der Waals surface area contributed by atoms with Crippen LogP contribution in [0.2, 0.25) is 0 Å². The van der Waals surface area contributed by atoms with Crippen molar-refractivity contribution in [3.63, 3.8) is 0 Å². The van der Waals surface area contributed by atoms with Gasteiger partial charge in [0.05, 0.1) is 25.9 Å². The summed E-state index contributed by atoms with van der Waals surface area (Å²) in [6, 6.07) is 0. The highest BCUT2D eigenvalue weighted by atomic mass is 16.5. The zero-order valence-electron chi connectivity index (χ0n) is 9.21. The molecule has 3 nitrogen and oxygen atoms in total. The summed E-state index contributed by atoms with van der Waals surface area (Å²) < 4.78 is 10.8. The maximum atomic E-state index is 5.42. The molecule has 0 bridgehead atoms. The lowest BCUT2D eigenvalue weighted by Gasteiger charge is -2.14. The van der Waals surface area contributed by atoms with Gasteiger partial charge >= 0.3 is 0 Å². The van der Waals surface area contributed by atoms with Crippen LogP contribution in [0.15, 0.2) is 11.6 Å². The van der Waals surface area contributed by atoms with E-state index in [1.807, 2.05) is 0 Å². The van der Waals surface area contributed by atoms with Crippen LogP contribution in [0.3, 0.4) is 0 Å². The molecule has 0 fully saturated rings. The Kier molecular flexibility index (Phi) is 5.83. The smallest absolute Gasteiger partial charge is 0.0689 e. The van der Waals surface area contributed by atoms with Crippen molar-refractivity contribution in [3.05, 3.63) is 11.6 Å². The Balaban J connectivity index is 1.95. The molecular formula is C11H21NO2. The molecule has 0 aromatic heterocycles. The van der Waals surface area contributed by atoms with Gasteiger partial charge in [0.25, 0.3) is 0 Å². The second kappa shape index (κ2) is 6.98. The first-order valence-electron chi connectivity index (χ1n) is 5.37. The highest BCUT2D eigenvalue weighted by Crippen LogP contribution is 2.03. The first-order valence-corrected chi connectivity index (χ1v) is 5.37. The first-order chi connectivity index (χ1) is 6.79. The molecule has 0 saturated carbocycles. The van der Waals surface area contributed by atoms with Gasteiger partial charge in [0.2, 0.25) is 0 Å². The van der Waals surface area contributed by atoms with E-state index in [-0.39, 0.29) is 0 Å². The molecular weight excluding hydrogens is 178 g/mol. The van der Waals surface area contributed by atoms with Crippen molar-refractivity contribution in [1.29, 1.82) is 0 Å². The van der Waals surface area contributed by atoms with Gasteiger partial charge in [-0.3, -0.25) is 0 Å². The number of hydrogen-bond acceptors (Lipinski definition) is 3. The topological polar surface area (TPSA) is 30.5 Å². The summed E-state index contributed by atoms with van der Waals surface area (Å²) in [5, 5.41) is 3.34. The molecule has 0 aliphatic carbocycles. The van der Waals surface area contributed by atoms with Gasteiger partial charge in [-0.2, -0.15) is 0 Å². The predicted octanol–water partition coefficient (Wildman–Crippen LogP) is 1.35. The summed E-state index contributed by atoms with van der Waals surface area (Å²) in [6.07, 6.45) is 3.65. The molecule has 0 atom stereocenters. The van der Waals surface area contributed by atoms with Crippen LogP contribution in [0.1, 0.15) is 20.3 Å². The molecule has 0 aromatic rings. The monoisotopic (exact) mass is 199 g/mol. The molecule has 0 saturated heterocycles. The van der Waals surface area contributed by atoms with Crippen molar-refractivity contribution < 1.29 is 9.47 Å². The van der Waals surface area contributed by atoms with E-state index in [0.29, 0.717) is 6.10 Å². The molecule has 0 spiro atoms. The van der Waals surface area contributed by atoms with Gasteiger partial charge in [0.1, 0.15) is 0 Å². The highest BCUT2D eigenvalue weighted by Gasteiger charge is 2.02. The summed E-state index contributed by atoms with van der Waals surface area (Å²) in [5.41, 5.74) is 1.36. The SMILES string of the molecule is CC(C)OCCNCC1=CCCOC1. The van der Waals surface area contributed by atoms with Gasteiger partial charge in [-0.05, 0) is 25.8 Å². The number of ether oxygens (including phenoxy) is 2. The van der Waals surface area contributed by atoms with Crippen molar-refractivity contribution in [1.82, 2.24) is 5.32 Å². The number of rotatable bonds is 6. The minimum Gasteiger partial charge on any atom is -0.377 e. The van der Waals surface area contributed by atoms with E-state index in [2.05, 4.69) is 25.2 Å².